The maximum Gasteiger partial charge on any atom is 0.338 e. The van der Waals surface area contributed by atoms with Crippen LogP contribution in [0, 0.1) is 0 Å². The summed E-state index contributed by atoms with van der Waals surface area (Å²) < 4.78 is 15.9. The molecule has 2 rings (SSSR count). The molecular formula is C20H23NO5. The molecule has 0 aliphatic rings. The van der Waals surface area contributed by atoms with Gasteiger partial charge in [0.15, 0.2) is 18.1 Å². The van der Waals surface area contributed by atoms with Gasteiger partial charge in [0.25, 0.3) is 5.91 Å². The van der Waals surface area contributed by atoms with Crippen LogP contribution in [0.3, 0.4) is 0 Å². The molecule has 0 unspecified atom stereocenters. The predicted molar refractivity (Wildman–Crippen MR) is 98.8 cm³/mol. The third-order valence-electron chi connectivity index (χ3n) is 3.55. The first-order valence-corrected chi connectivity index (χ1v) is 8.47. The number of benzene rings is 2. The van der Waals surface area contributed by atoms with E-state index in [0.29, 0.717) is 23.8 Å². The molecule has 2 aromatic rings. The maximum atomic E-state index is 12.1. The normalized spacial score (nSPS) is 10.1. The summed E-state index contributed by atoms with van der Waals surface area (Å²) in [5.74, 6) is 0.00580. The zero-order chi connectivity index (χ0) is 18.8. The molecule has 138 valence electrons. The van der Waals surface area contributed by atoms with E-state index >= 15 is 0 Å². The van der Waals surface area contributed by atoms with Crippen LogP contribution in [0.1, 0.15) is 30.1 Å². The highest BCUT2D eigenvalue weighted by molar-refractivity contribution is 5.95. The number of nitrogens with one attached hydrogen (secondary N) is 1. The minimum atomic E-state index is -0.605. The van der Waals surface area contributed by atoms with E-state index in [2.05, 4.69) is 12.2 Å². The Bertz CT molecular complexity index is 730. The highest BCUT2D eigenvalue weighted by atomic mass is 16.5. The molecule has 0 heterocycles. The Balaban J connectivity index is 1.91. The Morgan fingerprint density at radius 2 is 1.81 bits per heavy atom. The van der Waals surface area contributed by atoms with Crippen molar-refractivity contribution < 1.29 is 23.8 Å². The lowest BCUT2D eigenvalue weighted by Gasteiger charge is -2.12. The number of methoxy groups -OCH3 is 1. The lowest BCUT2D eigenvalue weighted by Crippen LogP contribution is -2.20. The SMILES string of the molecule is CCCCOc1ccc(C(=O)OCC(=O)Nc2ccccc2)cc1OC. The summed E-state index contributed by atoms with van der Waals surface area (Å²) in [7, 11) is 1.50. The van der Waals surface area contributed by atoms with E-state index in [1.165, 1.54) is 7.11 Å². The number of esters is 1. The van der Waals surface area contributed by atoms with E-state index < -0.39 is 11.9 Å². The Morgan fingerprint density at radius 3 is 2.50 bits per heavy atom. The van der Waals surface area contributed by atoms with Gasteiger partial charge in [-0.3, -0.25) is 4.79 Å². The summed E-state index contributed by atoms with van der Waals surface area (Å²) in [5.41, 5.74) is 0.931. The number of rotatable bonds is 9. The first-order chi connectivity index (χ1) is 12.6. The van der Waals surface area contributed by atoms with Crippen LogP contribution >= 0.6 is 0 Å². The minimum Gasteiger partial charge on any atom is -0.493 e. The first kappa shape index (κ1) is 19.3. The standard InChI is InChI=1S/C20H23NO5/c1-3-4-12-25-17-11-10-15(13-18(17)24-2)20(23)26-14-19(22)21-16-8-6-5-7-9-16/h5-11,13H,3-4,12,14H2,1-2H3,(H,21,22). The second-order valence-electron chi connectivity index (χ2n) is 5.56. The van der Waals surface area contributed by atoms with Crippen molar-refractivity contribution in [2.24, 2.45) is 0 Å². The van der Waals surface area contributed by atoms with E-state index in [-0.39, 0.29) is 12.2 Å². The summed E-state index contributed by atoms with van der Waals surface area (Å²) in [6.07, 6.45) is 1.96. The number of carbonyl (C=O) groups excluding carboxylic acids is 2. The Hall–Kier alpha value is -3.02. The molecule has 0 aromatic heterocycles. The average molecular weight is 357 g/mol. The van der Waals surface area contributed by atoms with Gasteiger partial charge in [-0.1, -0.05) is 31.5 Å². The molecule has 0 saturated carbocycles. The Kier molecular flexibility index (Phi) is 7.49. The maximum absolute atomic E-state index is 12.1. The van der Waals surface area contributed by atoms with Crippen molar-refractivity contribution in [1.82, 2.24) is 0 Å². The van der Waals surface area contributed by atoms with Crippen molar-refractivity contribution in [2.75, 3.05) is 25.6 Å². The van der Waals surface area contributed by atoms with Crippen LogP contribution in [0.25, 0.3) is 0 Å². The van der Waals surface area contributed by atoms with Gasteiger partial charge < -0.3 is 19.5 Å². The van der Waals surface area contributed by atoms with Crippen molar-refractivity contribution in [2.45, 2.75) is 19.8 Å². The van der Waals surface area contributed by atoms with Crippen LogP contribution in [0.5, 0.6) is 11.5 Å². The lowest BCUT2D eigenvalue weighted by atomic mass is 10.2. The molecular weight excluding hydrogens is 334 g/mol. The average Bonchev–Trinajstić information content (AvgIpc) is 2.67. The molecule has 0 bridgehead atoms. The zero-order valence-electron chi connectivity index (χ0n) is 15.0. The Morgan fingerprint density at radius 1 is 1.04 bits per heavy atom. The minimum absolute atomic E-state index is 0.289. The van der Waals surface area contributed by atoms with E-state index in [1.54, 1.807) is 42.5 Å². The molecule has 1 N–H and O–H groups in total. The number of ether oxygens (including phenoxy) is 3. The van der Waals surface area contributed by atoms with Crippen molar-refractivity contribution in [3.05, 3.63) is 54.1 Å². The molecule has 2 aromatic carbocycles. The fraction of sp³-hybridized carbons (Fsp3) is 0.300. The third-order valence-corrected chi connectivity index (χ3v) is 3.55. The molecule has 0 atom stereocenters. The van der Waals surface area contributed by atoms with Crippen LogP contribution in [-0.4, -0.2) is 32.2 Å². The highest BCUT2D eigenvalue weighted by Gasteiger charge is 2.14. The summed E-state index contributed by atoms with van der Waals surface area (Å²) in [4.78, 5) is 24.0. The molecule has 0 aliphatic heterocycles. The van der Waals surface area contributed by atoms with E-state index in [4.69, 9.17) is 14.2 Å². The molecule has 1 amide bonds. The smallest absolute Gasteiger partial charge is 0.338 e. The molecule has 0 radical (unpaired) electrons. The summed E-state index contributed by atoms with van der Waals surface area (Å²) in [6.45, 7) is 2.29. The highest BCUT2D eigenvalue weighted by Crippen LogP contribution is 2.28. The number of unbranched alkanes of at least 4 members (excludes halogenated alkanes) is 1. The quantitative estimate of drug-likeness (QED) is 0.547. The van der Waals surface area contributed by atoms with Gasteiger partial charge in [0.05, 0.1) is 19.3 Å². The summed E-state index contributed by atoms with van der Waals surface area (Å²) in [6, 6.07) is 13.7. The van der Waals surface area contributed by atoms with Gasteiger partial charge in [0.1, 0.15) is 0 Å². The number of para-hydroxylation sites is 1. The topological polar surface area (TPSA) is 73.9 Å². The van der Waals surface area contributed by atoms with Gasteiger partial charge >= 0.3 is 5.97 Å². The molecule has 26 heavy (non-hydrogen) atoms. The molecule has 6 nitrogen and oxygen atoms in total. The molecule has 0 fully saturated rings. The molecule has 6 heteroatoms. The van der Waals surface area contributed by atoms with Crippen LogP contribution in [0.4, 0.5) is 5.69 Å². The zero-order valence-corrected chi connectivity index (χ0v) is 15.0. The van der Waals surface area contributed by atoms with Crippen LogP contribution in [0.15, 0.2) is 48.5 Å². The van der Waals surface area contributed by atoms with Gasteiger partial charge in [0.2, 0.25) is 0 Å². The number of carbonyl (C=O) groups is 2. The van der Waals surface area contributed by atoms with Gasteiger partial charge in [-0.25, -0.2) is 4.79 Å². The van der Waals surface area contributed by atoms with E-state index in [9.17, 15) is 9.59 Å². The van der Waals surface area contributed by atoms with E-state index in [1.807, 2.05) is 6.07 Å². The number of anilines is 1. The fourth-order valence-corrected chi connectivity index (χ4v) is 2.17. The predicted octanol–water partition coefficient (Wildman–Crippen LogP) is 3.67. The van der Waals surface area contributed by atoms with Gasteiger partial charge in [0, 0.05) is 5.69 Å². The Labute approximate surface area is 153 Å². The van der Waals surface area contributed by atoms with Crippen molar-refractivity contribution in [1.29, 1.82) is 0 Å². The fourth-order valence-electron chi connectivity index (χ4n) is 2.17. The molecule has 0 saturated heterocycles. The van der Waals surface area contributed by atoms with Gasteiger partial charge in [-0.2, -0.15) is 0 Å². The first-order valence-electron chi connectivity index (χ1n) is 8.47. The molecule has 0 aliphatic carbocycles. The van der Waals surface area contributed by atoms with Crippen LogP contribution in [0.2, 0.25) is 0 Å². The number of hydrogen-bond donors (Lipinski definition) is 1. The van der Waals surface area contributed by atoms with Crippen molar-refractivity contribution in [3.8, 4) is 11.5 Å². The second kappa shape index (κ2) is 10.1. The van der Waals surface area contributed by atoms with Gasteiger partial charge in [-0.15, -0.1) is 0 Å². The largest absolute Gasteiger partial charge is 0.493 e. The number of amides is 1. The summed E-state index contributed by atoms with van der Waals surface area (Å²) >= 11 is 0. The van der Waals surface area contributed by atoms with Crippen molar-refractivity contribution >= 4 is 17.6 Å². The molecule has 0 spiro atoms. The van der Waals surface area contributed by atoms with Crippen LogP contribution in [-0.2, 0) is 9.53 Å². The van der Waals surface area contributed by atoms with E-state index in [0.717, 1.165) is 12.8 Å². The lowest BCUT2D eigenvalue weighted by molar-refractivity contribution is -0.119. The summed E-state index contributed by atoms with van der Waals surface area (Å²) in [5, 5.41) is 2.65. The van der Waals surface area contributed by atoms with Crippen molar-refractivity contribution in [3.63, 3.8) is 0 Å². The second-order valence-corrected chi connectivity index (χ2v) is 5.56. The number of hydrogen-bond acceptors (Lipinski definition) is 5. The van der Waals surface area contributed by atoms with Crippen LogP contribution < -0.4 is 14.8 Å². The monoisotopic (exact) mass is 357 g/mol. The third kappa shape index (κ3) is 5.81. The van der Waals surface area contributed by atoms with Gasteiger partial charge in [-0.05, 0) is 36.8 Å².